The number of aliphatic hydroxyl groups is 1. The summed E-state index contributed by atoms with van der Waals surface area (Å²) < 4.78 is 5.47. The van der Waals surface area contributed by atoms with Crippen LogP contribution in [-0.4, -0.2) is 59.5 Å². The van der Waals surface area contributed by atoms with Crippen LogP contribution in [0.4, 0.5) is 4.79 Å². The molecule has 3 N–H and O–H groups in total. The van der Waals surface area contributed by atoms with Crippen LogP contribution in [0.2, 0.25) is 0 Å². The van der Waals surface area contributed by atoms with E-state index >= 15 is 0 Å². The fourth-order valence-corrected chi connectivity index (χ4v) is 4.54. The molecule has 2 aromatic rings. The first-order chi connectivity index (χ1) is 18.5. The first kappa shape index (κ1) is 30.0. The van der Waals surface area contributed by atoms with Gasteiger partial charge in [-0.1, -0.05) is 74.5 Å². The van der Waals surface area contributed by atoms with Gasteiger partial charge < -0.3 is 20.5 Å². The van der Waals surface area contributed by atoms with Crippen LogP contribution in [0, 0.1) is 11.8 Å². The number of benzene rings is 2. The largest absolute Gasteiger partial charge is 0.444 e. The summed E-state index contributed by atoms with van der Waals surface area (Å²) in [5, 5.41) is 17.5. The predicted octanol–water partition coefficient (Wildman–Crippen LogP) is 4.36. The van der Waals surface area contributed by atoms with Gasteiger partial charge in [0.25, 0.3) is 0 Å². The average Bonchev–Trinajstić information content (AvgIpc) is 3.41. The van der Waals surface area contributed by atoms with Gasteiger partial charge in [0.15, 0.2) is 0 Å². The van der Waals surface area contributed by atoms with Gasteiger partial charge in [0.05, 0.1) is 24.7 Å². The van der Waals surface area contributed by atoms with Gasteiger partial charge in [0, 0.05) is 12.1 Å². The molecule has 210 valence electrons. The monoisotopic (exact) mass is 534 g/mol. The number of alkyl carbamates (subject to hydrolysis) is 1. The van der Waals surface area contributed by atoms with Crippen molar-refractivity contribution in [1.82, 2.24) is 10.6 Å². The van der Waals surface area contributed by atoms with E-state index in [1.54, 1.807) is 27.0 Å². The average molecular weight is 535 g/mol. The van der Waals surface area contributed by atoms with E-state index in [4.69, 9.17) is 4.74 Å². The Hall–Kier alpha value is -3.52. The maximum atomic E-state index is 13.7. The lowest BCUT2D eigenvalue weighted by molar-refractivity contribution is -0.126. The van der Waals surface area contributed by atoms with Gasteiger partial charge in [-0.05, 0) is 57.1 Å². The molecule has 0 aromatic heterocycles. The number of hydrogen-bond acceptors (Lipinski definition) is 6. The molecule has 2 aromatic carbocycles. The third-order valence-corrected chi connectivity index (χ3v) is 6.49. The number of aliphatic hydroxyl groups excluding tert-OH is 1. The van der Waals surface area contributed by atoms with Crippen molar-refractivity contribution in [2.24, 2.45) is 21.8 Å². The summed E-state index contributed by atoms with van der Waals surface area (Å²) in [6, 6.07) is 18.4. The van der Waals surface area contributed by atoms with E-state index in [-0.39, 0.29) is 24.3 Å². The van der Waals surface area contributed by atoms with E-state index in [0.717, 1.165) is 11.1 Å². The maximum absolute atomic E-state index is 13.7. The molecule has 0 unspecified atom stereocenters. The Bertz CT molecular complexity index is 1130. The summed E-state index contributed by atoms with van der Waals surface area (Å²) in [5.41, 5.74) is 1.26. The van der Waals surface area contributed by atoms with Crippen LogP contribution in [-0.2, 0) is 22.4 Å². The third kappa shape index (κ3) is 9.94. The van der Waals surface area contributed by atoms with E-state index in [1.165, 1.54) is 0 Å². The van der Waals surface area contributed by atoms with Gasteiger partial charge in [-0.2, -0.15) is 0 Å². The second-order valence-electron chi connectivity index (χ2n) is 11.4. The minimum atomic E-state index is -1.00. The van der Waals surface area contributed by atoms with E-state index in [9.17, 15) is 14.7 Å². The van der Waals surface area contributed by atoms with Crippen molar-refractivity contribution < 1.29 is 19.4 Å². The van der Waals surface area contributed by atoms with Crippen molar-refractivity contribution >= 4 is 24.1 Å². The molecule has 1 aliphatic heterocycles. The van der Waals surface area contributed by atoms with Crippen LogP contribution in [0.15, 0.2) is 70.6 Å². The van der Waals surface area contributed by atoms with Gasteiger partial charge in [-0.3, -0.25) is 9.79 Å². The number of ether oxygens (including phenoxy) is 1. The van der Waals surface area contributed by atoms with Gasteiger partial charge in [0.2, 0.25) is 5.91 Å². The molecule has 0 saturated heterocycles. The summed E-state index contributed by atoms with van der Waals surface area (Å²) >= 11 is 0. The highest BCUT2D eigenvalue weighted by Gasteiger charge is 2.32. The summed E-state index contributed by atoms with van der Waals surface area (Å²) in [4.78, 5) is 35.2. The summed E-state index contributed by atoms with van der Waals surface area (Å²) in [6.07, 6.45) is 1.10. The number of carbonyl (C=O) groups is 2. The topological polar surface area (TPSA) is 112 Å². The standard InChI is InChI=1S/C31H42N4O4/c1-21(2)27(28-32-16-17-33-28)35-29(37)24(18-22-12-8-6-9-13-22)20-26(36)25(19-23-14-10-7-11-15-23)34-30(38)39-31(3,4)5/h6-16,21,24-27,36H,17-20H2,1-5H3,(H,34,38)(H,35,37)/t24-,25+,26+,27+/m1/s1. The molecule has 4 atom stereocenters. The summed E-state index contributed by atoms with van der Waals surface area (Å²) in [7, 11) is 0. The zero-order chi connectivity index (χ0) is 28.4. The van der Waals surface area contributed by atoms with Crippen LogP contribution in [0.3, 0.4) is 0 Å². The molecule has 39 heavy (non-hydrogen) atoms. The third-order valence-electron chi connectivity index (χ3n) is 6.49. The van der Waals surface area contributed by atoms with Gasteiger partial charge in [0.1, 0.15) is 11.4 Å². The van der Waals surface area contributed by atoms with Crippen molar-refractivity contribution in [2.45, 2.75) is 77.7 Å². The van der Waals surface area contributed by atoms with Crippen LogP contribution < -0.4 is 10.6 Å². The molecule has 8 heteroatoms. The second-order valence-corrected chi connectivity index (χ2v) is 11.4. The van der Waals surface area contributed by atoms with E-state index < -0.39 is 29.8 Å². The van der Waals surface area contributed by atoms with Crippen molar-refractivity contribution in [3.05, 3.63) is 71.8 Å². The second kappa shape index (κ2) is 14.0. The lowest BCUT2D eigenvalue weighted by atomic mass is 9.88. The lowest BCUT2D eigenvalue weighted by Gasteiger charge is -2.30. The number of amidine groups is 1. The number of aliphatic imine (C=N–C) groups is 2. The molecule has 0 fully saturated rings. The molecular weight excluding hydrogens is 492 g/mol. The van der Waals surface area contributed by atoms with Crippen LogP contribution in [0.5, 0.6) is 0 Å². The van der Waals surface area contributed by atoms with Crippen molar-refractivity contribution in [3.8, 4) is 0 Å². The molecule has 0 aliphatic carbocycles. The first-order valence-corrected chi connectivity index (χ1v) is 13.6. The zero-order valence-corrected chi connectivity index (χ0v) is 23.6. The molecule has 1 aliphatic rings. The molecule has 1 heterocycles. The van der Waals surface area contributed by atoms with Crippen LogP contribution in [0.1, 0.15) is 52.2 Å². The van der Waals surface area contributed by atoms with Crippen LogP contribution >= 0.6 is 0 Å². The molecule has 2 amide bonds. The van der Waals surface area contributed by atoms with Crippen molar-refractivity contribution in [1.29, 1.82) is 0 Å². The number of nitrogens with zero attached hydrogens (tertiary/aromatic N) is 2. The quantitative estimate of drug-likeness (QED) is 0.376. The fraction of sp³-hybridized carbons (Fsp3) is 0.484. The van der Waals surface area contributed by atoms with Crippen molar-refractivity contribution in [3.63, 3.8) is 0 Å². The van der Waals surface area contributed by atoms with Gasteiger partial charge >= 0.3 is 6.09 Å². The number of nitrogens with one attached hydrogen (secondary N) is 2. The zero-order valence-electron chi connectivity index (χ0n) is 23.6. The molecule has 0 spiro atoms. The molecule has 0 saturated carbocycles. The van der Waals surface area contributed by atoms with E-state index in [1.807, 2.05) is 74.5 Å². The smallest absolute Gasteiger partial charge is 0.407 e. The molecule has 3 rings (SSSR count). The molecule has 0 radical (unpaired) electrons. The van der Waals surface area contributed by atoms with E-state index in [0.29, 0.717) is 25.2 Å². The summed E-state index contributed by atoms with van der Waals surface area (Å²) in [5.74, 6) is -0.0266. The fourth-order valence-electron chi connectivity index (χ4n) is 4.54. The minimum absolute atomic E-state index is 0.0879. The van der Waals surface area contributed by atoms with E-state index in [2.05, 4.69) is 20.6 Å². The number of rotatable bonds is 12. The SMILES string of the molecule is CC(C)[C@H](NC(=O)[C@H](Cc1ccccc1)C[C@H](O)[C@H](Cc1ccccc1)NC(=O)OC(C)(C)C)C1=NCC=N1. The number of hydrogen-bond donors (Lipinski definition) is 3. The normalized spacial score (nSPS) is 16.2. The first-order valence-electron chi connectivity index (χ1n) is 13.6. The van der Waals surface area contributed by atoms with Crippen LogP contribution in [0.25, 0.3) is 0 Å². The Kier molecular flexibility index (Phi) is 10.8. The Morgan fingerprint density at radius 3 is 2.05 bits per heavy atom. The highest BCUT2D eigenvalue weighted by Crippen LogP contribution is 2.20. The highest BCUT2D eigenvalue weighted by molar-refractivity contribution is 6.00. The van der Waals surface area contributed by atoms with Gasteiger partial charge in [-0.15, -0.1) is 0 Å². The lowest BCUT2D eigenvalue weighted by Crippen LogP contribution is -2.50. The Labute approximate surface area is 232 Å². The Morgan fingerprint density at radius 1 is 0.949 bits per heavy atom. The van der Waals surface area contributed by atoms with Crippen molar-refractivity contribution in [2.75, 3.05) is 6.54 Å². The Morgan fingerprint density at radius 2 is 1.54 bits per heavy atom. The number of amides is 2. The molecule has 8 nitrogen and oxygen atoms in total. The molecular formula is C31H42N4O4. The Balaban J connectivity index is 1.82. The number of carbonyl (C=O) groups excluding carboxylic acids is 2. The maximum Gasteiger partial charge on any atom is 0.407 e. The predicted molar refractivity (Wildman–Crippen MR) is 155 cm³/mol. The minimum Gasteiger partial charge on any atom is -0.444 e. The molecule has 0 bridgehead atoms. The highest BCUT2D eigenvalue weighted by atomic mass is 16.6. The summed E-state index contributed by atoms with van der Waals surface area (Å²) in [6.45, 7) is 9.92. The van der Waals surface area contributed by atoms with Gasteiger partial charge in [-0.25, -0.2) is 9.79 Å².